The molecule has 2 aromatic heterocycles. The molecule has 0 aliphatic carbocycles. The van der Waals surface area contributed by atoms with Gasteiger partial charge in [0.15, 0.2) is 8.32 Å². The lowest BCUT2D eigenvalue weighted by Gasteiger charge is -2.36. The van der Waals surface area contributed by atoms with E-state index in [1.54, 1.807) is 11.4 Å². The Morgan fingerprint density at radius 2 is 2.00 bits per heavy atom. The molecule has 0 saturated carbocycles. The Morgan fingerprint density at radius 3 is 2.58 bits per heavy atom. The number of carbonyl (C=O) groups excluding carboxylic acids is 1. The van der Waals surface area contributed by atoms with Crippen molar-refractivity contribution in [2.45, 2.75) is 59.4 Å². The zero-order valence-corrected chi connectivity index (χ0v) is 16.8. The monoisotopic (exact) mass is 348 g/mol. The summed E-state index contributed by atoms with van der Waals surface area (Å²) in [7, 11) is -1.81. The molecule has 0 atom stereocenters. The van der Waals surface area contributed by atoms with E-state index in [9.17, 15) is 4.79 Å². The molecular formula is C18H28N2O3Si. The zero-order chi connectivity index (χ0) is 18.1. The van der Waals surface area contributed by atoms with E-state index >= 15 is 0 Å². The molecule has 0 bridgehead atoms. The second kappa shape index (κ2) is 6.68. The maximum atomic E-state index is 12.2. The number of ether oxygens (including phenoxy) is 1. The fourth-order valence-electron chi connectivity index (χ4n) is 2.23. The summed E-state index contributed by atoms with van der Waals surface area (Å²) in [6.45, 7) is 15.7. The minimum Gasteiger partial charge on any atom is -0.462 e. The molecule has 2 rings (SSSR count). The summed E-state index contributed by atoms with van der Waals surface area (Å²) in [5.74, 6) is -0.326. The van der Waals surface area contributed by atoms with Crippen LogP contribution in [0.1, 0.15) is 49.3 Å². The Kier molecular flexibility index (Phi) is 5.20. The van der Waals surface area contributed by atoms with Crippen molar-refractivity contribution in [2.75, 3.05) is 6.61 Å². The van der Waals surface area contributed by atoms with Crippen LogP contribution in [0.5, 0.6) is 0 Å². The van der Waals surface area contributed by atoms with E-state index in [-0.39, 0.29) is 11.0 Å². The van der Waals surface area contributed by atoms with Gasteiger partial charge in [-0.1, -0.05) is 20.8 Å². The fourth-order valence-corrected chi connectivity index (χ4v) is 3.19. The molecule has 132 valence electrons. The molecule has 2 heterocycles. The van der Waals surface area contributed by atoms with Gasteiger partial charge in [0.25, 0.3) is 0 Å². The minimum absolute atomic E-state index is 0.167. The fraction of sp³-hybridized carbons (Fsp3) is 0.556. The largest absolute Gasteiger partial charge is 0.462 e. The van der Waals surface area contributed by atoms with Gasteiger partial charge in [0.1, 0.15) is 5.56 Å². The first-order chi connectivity index (χ1) is 11.1. The van der Waals surface area contributed by atoms with E-state index in [1.165, 1.54) is 0 Å². The van der Waals surface area contributed by atoms with E-state index in [0.717, 1.165) is 11.1 Å². The molecule has 0 spiro atoms. The van der Waals surface area contributed by atoms with Crippen molar-refractivity contribution < 1.29 is 14.0 Å². The summed E-state index contributed by atoms with van der Waals surface area (Å²) in [5, 5.41) is 4.56. The van der Waals surface area contributed by atoms with Gasteiger partial charge in [-0.05, 0) is 49.7 Å². The maximum Gasteiger partial charge on any atom is 0.342 e. The van der Waals surface area contributed by atoms with Crippen molar-refractivity contribution in [2.24, 2.45) is 0 Å². The molecular weight excluding hydrogens is 320 g/mol. The molecule has 0 amide bonds. The minimum atomic E-state index is -1.81. The second-order valence-electron chi connectivity index (χ2n) is 7.59. The molecule has 0 fully saturated rings. The maximum absolute atomic E-state index is 12.2. The SMILES string of the molecule is CCOC(=O)c1c(C)nn2ccc(CO[Si](C)(C)C(C)(C)C)cc12. The smallest absolute Gasteiger partial charge is 0.342 e. The van der Waals surface area contributed by atoms with Gasteiger partial charge in [0.05, 0.1) is 24.4 Å². The van der Waals surface area contributed by atoms with E-state index in [4.69, 9.17) is 9.16 Å². The summed E-state index contributed by atoms with van der Waals surface area (Å²) in [6.07, 6.45) is 1.87. The number of carbonyl (C=O) groups is 1. The summed E-state index contributed by atoms with van der Waals surface area (Å²) >= 11 is 0. The average molecular weight is 349 g/mol. The highest BCUT2D eigenvalue weighted by atomic mass is 28.4. The number of aryl methyl sites for hydroxylation is 1. The van der Waals surface area contributed by atoms with E-state index in [1.807, 2.05) is 25.3 Å². The number of rotatable bonds is 5. The molecule has 0 unspecified atom stereocenters. The molecule has 6 heteroatoms. The summed E-state index contributed by atoms with van der Waals surface area (Å²) < 4.78 is 13.2. The molecule has 2 aromatic rings. The standard InChI is InChI=1S/C18H28N2O3Si/c1-8-22-17(21)16-13(2)19-20-10-9-14(11-15(16)20)12-23-24(6,7)18(3,4)5/h9-11H,8,12H2,1-7H3. The van der Waals surface area contributed by atoms with Gasteiger partial charge in [0, 0.05) is 6.20 Å². The lowest BCUT2D eigenvalue weighted by atomic mass is 10.1. The van der Waals surface area contributed by atoms with Crippen LogP contribution in [0, 0.1) is 6.92 Å². The van der Waals surface area contributed by atoms with E-state index in [2.05, 4.69) is 39.0 Å². The van der Waals surface area contributed by atoms with Gasteiger partial charge < -0.3 is 9.16 Å². The van der Waals surface area contributed by atoms with Crippen LogP contribution in [0.2, 0.25) is 18.1 Å². The predicted molar refractivity (Wildman–Crippen MR) is 97.9 cm³/mol. The molecule has 24 heavy (non-hydrogen) atoms. The third-order valence-corrected chi connectivity index (χ3v) is 9.24. The lowest BCUT2D eigenvalue weighted by Crippen LogP contribution is -2.40. The number of hydrogen-bond donors (Lipinski definition) is 0. The van der Waals surface area contributed by atoms with Gasteiger partial charge in [-0.2, -0.15) is 5.10 Å². The van der Waals surface area contributed by atoms with Crippen LogP contribution >= 0.6 is 0 Å². The van der Waals surface area contributed by atoms with Crippen molar-refractivity contribution in [3.63, 3.8) is 0 Å². The highest BCUT2D eigenvalue weighted by Gasteiger charge is 2.37. The molecule has 0 saturated heterocycles. The van der Waals surface area contributed by atoms with Gasteiger partial charge in [-0.25, -0.2) is 9.31 Å². The Morgan fingerprint density at radius 1 is 1.33 bits per heavy atom. The van der Waals surface area contributed by atoms with Gasteiger partial charge in [-0.15, -0.1) is 0 Å². The summed E-state index contributed by atoms with van der Waals surface area (Å²) in [5.41, 5.74) is 3.02. The van der Waals surface area contributed by atoms with Crippen LogP contribution in [0.4, 0.5) is 0 Å². The second-order valence-corrected chi connectivity index (χ2v) is 12.4. The third kappa shape index (κ3) is 3.70. The predicted octanol–water partition coefficient (Wildman–Crippen LogP) is 4.34. The highest BCUT2D eigenvalue weighted by molar-refractivity contribution is 6.74. The van der Waals surface area contributed by atoms with Crippen molar-refractivity contribution in [1.82, 2.24) is 9.61 Å². The van der Waals surface area contributed by atoms with Crippen LogP contribution < -0.4 is 0 Å². The Bertz CT molecular complexity index is 745. The number of nitrogens with zero attached hydrogens (tertiary/aromatic N) is 2. The van der Waals surface area contributed by atoms with Crippen LogP contribution in [-0.4, -0.2) is 30.5 Å². The molecule has 0 N–H and O–H groups in total. The summed E-state index contributed by atoms with van der Waals surface area (Å²) in [6, 6.07) is 3.96. The lowest BCUT2D eigenvalue weighted by molar-refractivity contribution is 0.0528. The van der Waals surface area contributed by atoms with Gasteiger partial charge >= 0.3 is 5.97 Å². The number of pyridine rings is 1. The van der Waals surface area contributed by atoms with Crippen LogP contribution in [0.3, 0.4) is 0 Å². The van der Waals surface area contributed by atoms with E-state index < -0.39 is 8.32 Å². The molecule has 0 aliphatic rings. The highest BCUT2D eigenvalue weighted by Crippen LogP contribution is 2.37. The van der Waals surface area contributed by atoms with Crippen molar-refractivity contribution in [3.05, 3.63) is 35.2 Å². The third-order valence-electron chi connectivity index (χ3n) is 4.76. The van der Waals surface area contributed by atoms with Gasteiger partial charge in [-0.3, -0.25) is 0 Å². The topological polar surface area (TPSA) is 52.8 Å². The first-order valence-electron chi connectivity index (χ1n) is 8.36. The van der Waals surface area contributed by atoms with Crippen LogP contribution in [0.25, 0.3) is 5.52 Å². The first-order valence-corrected chi connectivity index (χ1v) is 11.3. The number of hydrogen-bond acceptors (Lipinski definition) is 4. The first kappa shape index (κ1) is 18.7. The summed E-state index contributed by atoms with van der Waals surface area (Å²) in [4.78, 5) is 12.2. The quantitative estimate of drug-likeness (QED) is 0.596. The number of esters is 1. The zero-order valence-electron chi connectivity index (χ0n) is 15.8. The average Bonchev–Trinajstić information content (AvgIpc) is 2.79. The molecule has 5 nitrogen and oxygen atoms in total. The Labute approximate surface area is 145 Å². The number of aromatic nitrogens is 2. The number of fused-ring (bicyclic) bond motifs is 1. The molecule has 0 aromatic carbocycles. The van der Waals surface area contributed by atoms with Crippen molar-refractivity contribution >= 4 is 19.8 Å². The van der Waals surface area contributed by atoms with Crippen molar-refractivity contribution in [1.29, 1.82) is 0 Å². The molecule has 0 aliphatic heterocycles. The van der Waals surface area contributed by atoms with Crippen molar-refractivity contribution in [3.8, 4) is 0 Å². The van der Waals surface area contributed by atoms with E-state index in [0.29, 0.717) is 24.5 Å². The van der Waals surface area contributed by atoms with Crippen LogP contribution in [0.15, 0.2) is 18.3 Å². The van der Waals surface area contributed by atoms with Crippen LogP contribution in [-0.2, 0) is 15.8 Å². The molecule has 0 radical (unpaired) electrons. The van der Waals surface area contributed by atoms with Gasteiger partial charge in [0.2, 0.25) is 0 Å². The normalized spacial score (nSPS) is 12.6. The Balaban J connectivity index is 2.31. The Hall–Kier alpha value is -1.66.